The summed E-state index contributed by atoms with van der Waals surface area (Å²) in [5, 5.41) is 11.4. The van der Waals surface area contributed by atoms with Crippen LogP contribution in [0.2, 0.25) is 6.04 Å². The van der Waals surface area contributed by atoms with E-state index in [0.29, 0.717) is 19.8 Å². The van der Waals surface area contributed by atoms with Crippen LogP contribution in [0.4, 0.5) is 0 Å². The van der Waals surface area contributed by atoms with Gasteiger partial charge < -0.3 is 13.3 Å². The summed E-state index contributed by atoms with van der Waals surface area (Å²) in [5.74, 6) is 0.868. The largest absolute Gasteiger partial charge is 0.500 e. The van der Waals surface area contributed by atoms with E-state index in [9.17, 15) is 0 Å². The molecular formula is C11H24N4O3Si. The summed E-state index contributed by atoms with van der Waals surface area (Å²) in [7, 11) is -0.683. The van der Waals surface area contributed by atoms with Gasteiger partial charge in [-0.25, -0.2) is 4.68 Å². The molecule has 0 fully saturated rings. The third-order valence-corrected chi connectivity index (χ3v) is 5.84. The molecule has 0 bridgehead atoms. The molecule has 0 aliphatic heterocycles. The second-order valence-electron chi connectivity index (χ2n) is 4.05. The van der Waals surface area contributed by atoms with Crippen molar-refractivity contribution in [1.29, 1.82) is 0 Å². The molecule has 19 heavy (non-hydrogen) atoms. The normalized spacial score (nSPS) is 12.0. The first-order valence-electron chi connectivity index (χ1n) is 6.80. The minimum atomic E-state index is -2.52. The first-order valence-corrected chi connectivity index (χ1v) is 8.73. The summed E-state index contributed by atoms with van der Waals surface area (Å²) in [6.45, 7) is 7.72. The Labute approximate surface area is 115 Å². The molecule has 0 saturated carbocycles. The average Bonchev–Trinajstić information content (AvgIpc) is 2.76. The van der Waals surface area contributed by atoms with Crippen LogP contribution in [-0.2, 0) is 26.7 Å². The van der Waals surface area contributed by atoms with Gasteiger partial charge in [0.2, 0.25) is 0 Å². The van der Waals surface area contributed by atoms with E-state index in [2.05, 4.69) is 15.5 Å². The zero-order valence-corrected chi connectivity index (χ0v) is 13.3. The molecule has 0 aromatic carbocycles. The van der Waals surface area contributed by atoms with Gasteiger partial charge in [0.25, 0.3) is 0 Å². The van der Waals surface area contributed by atoms with Crippen LogP contribution in [0.25, 0.3) is 0 Å². The molecular weight excluding hydrogens is 264 g/mol. The molecule has 0 atom stereocenters. The van der Waals surface area contributed by atoms with Gasteiger partial charge in [-0.3, -0.25) is 0 Å². The molecule has 0 unspecified atom stereocenters. The molecule has 110 valence electrons. The number of rotatable bonds is 10. The SMILES string of the molecule is CCO[Si](CCCc1nnnn1C)(OCC)OCC. The van der Waals surface area contributed by atoms with E-state index in [1.54, 1.807) is 4.68 Å². The van der Waals surface area contributed by atoms with Gasteiger partial charge in [0.1, 0.15) is 0 Å². The van der Waals surface area contributed by atoms with Crippen molar-refractivity contribution in [3.63, 3.8) is 0 Å². The number of hydrogen-bond donors (Lipinski definition) is 0. The topological polar surface area (TPSA) is 71.3 Å². The summed E-state index contributed by atoms with van der Waals surface area (Å²) in [6.07, 6.45) is 1.69. The molecule has 1 aromatic rings. The molecule has 8 heteroatoms. The van der Waals surface area contributed by atoms with Gasteiger partial charge in [-0.15, -0.1) is 5.10 Å². The highest BCUT2D eigenvalue weighted by molar-refractivity contribution is 6.60. The fourth-order valence-electron chi connectivity index (χ4n) is 1.92. The zero-order valence-electron chi connectivity index (χ0n) is 12.3. The number of aromatic nitrogens is 4. The van der Waals surface area contributed by atoms with Crippen LogP contribution < -0.4 is 0 Å². The van der Waals surface area contributed by atoms with Crippen molar-refractivity contribution in [2.45, 2.75) is 39.7 Å². The maximum atomic E-state index is 5.80. The Balaban J connectivity index is 2.53. The maximum Gasteiger partial charge on any atom is 0.500 e. The van der Waals surface area contributed by atoms with Crippen molar-refractivity contribution < 1.29 is 13.3 Å². The first-order chi connectivity index (χ1) is 9.17. The number of aryl methyl sites for hydroxylation is 2. The highest BCUT2D eigenvalue weighted by atomic mass is 28.4. The average molecular weight is 288 g/mol. The Bertz CT molecular complexity index is 344. The van der Waals surface area contributed by atoms with Crippen molar-refractivity contribution in [2.75, 3.05) is 19.8 Å². The molecule has 0 radical (unpaired) electrons. The predicted octanol–water partition coefficient (Wildman–Crippen LogP) is 1.19. The Morgan fingerprint density at radius 2 is 1.63 bits per heavy atom. The Morgan fingerprint density at radius 1 is 1.05 bits per heavy atom. The van der Waals surface area contributed by atoms with E-state index in [4.69, 9.17) is 13.3 Å². The molecule has 0 aliphatic carbocycles. The second-order valence-corrected chi connectivity index (χ2v) is 6.79. The van der Waals surface area contributed by atoms with Crippen molar-refractivity contribution in [1.82, 2.24) is 20.2 Å². The fraction of sp³-hybridized carbons (Fsp3) is 0.909. The van der Waals surface area contributed by atoms with E-state index < -0.39 is 8.80 Å². The smallest absolute Gasteiger partial charge is 0.374 e. The molecule has 0 amide bonds. The maximum absolute atomic E-state index is 5.80. The Hall–Kier alpha value is -0.833. The van der Waals surface area contributed by atoms with Crippen molar-refractivity contribution in [2.24, 2.45) is 7.05 Å². The van der Waals surface area contributed by atoms with Gasteiger partial charge in [-0.1, -0.05) is 0 Å². The highest BCUT2D eigenvalue weighted by Gasteiger charge is 2.39. The third-order valence-electron chi connectivity index (χ3n) is 2.68. The van der Waals surface area contributed by atoms with Crippen LogP contribution in [0.5, 0.6) is 0 Å². The number of nitrogens with zero attached hydrogens (tertiary/aromatic N) is 4. The summed E-state index contributed by atoms with van der Waals surface area (Å²) >= 11 is 0. The van der Waals surface area contributed by atoms with Crippen LogP contribution in [0.15, 0.2) is 0 Å². The molecule has 1 aromatic heterocycles. The lowest BCUT2D eigenvalue weighted by atomic mass is 10.3. The van der Waals surface area contributed by atoms with Crippen molar-refractivity contribution >= 4 is 8.80 Å². The molecule has 0 N–H and O–H groups in total. The lowest BCUT2D eigenvalue weighted by Gasteiger charge is -2.28. The molecule has 0 saturated heterocycles. The van der Waals surface area contributed by atoms with Crippen LogP contribution in [-0.4, -0.2) is 48.8 Å². The van der Waals surface area contributed by atoms with E-state index in [-0.39, 0.29) is 0 Å². The van der Waals surface area contributed by atoms with Gasteiger partial charge in [-0.2, -0.15) is 0 Å². The van der Waals surface area contributed by atoms with Gasteiger partial charge in [-0.05, 0) is 37.6 Å². The molecule has 1 rings (SSSR count). The number of tetrazole rings is 1. The van der Waals surface area contributed by atoms with E-state index in [1.807, 2.05) is 27.8 Å². The van der Waals surface area contributed by atoms with Gasteiger partial charge in [0.15, 0.2) is 5.82 Å². The fourth-order valence-corrected chi connectivity index (χ4v) is 4.54. The summed E-state index contributed by atoms with van der Waals surface area (Å²) in [6, 6.07) is 0.787. The standard InChI is InChI=1S/C11H24N4O3Si/c1-5-16-19(17-6-2,18-7-3)10-8-9-11-12-13-14-15(11)4/h5-10H2,1-4H3. The lowest BCUT2D eigenvalue weighted by molar-refractivity contribution is 0.0708. The van der Waals surface area contributed by atoms with E-state index >= 15 is 0 Å². The quantitative estimate of drug-likeness (QED) is 0.602. The van der Waals surface area contributed by atoms with Crippen molar-refractivity contribution in [3.05, 3.63) is 5.82 Å². The summed E-state index contributed by atoms with van der Waals surface area (Å²) < 4.78 is 19.1. The first kappa shape index (κ1) is 16.2. The van der Waals surface area contributed by atoms with E-state index in [1.165, 1.54) is 0 Å². The Kier molecular flexibility index (Phi) is 7.14. The van der Waals surface area contributed by atoms with Crippen molar-refractivity contribution in [3.8, 4) is 0 Å². The predicted molar refractivity (Wildman–Crippen MR) is 72.6 cm³/mol. The van der Waals surface area contributed by atoms with Crippen LogP contribution in [0.1, 0.15) is 33.0 Å². The summed E-state index contributed by atoms with van der Waals surface area (Å²) in [4.78, 5) is 0. The van der Waals surface area contributed by atoms with E-state index in [0.717, 1.165) is 24.7 Å². The molecule has 0 aliphatic rings. The van der Waals surface area contributed by atoms with Gasteiger partial charge in [0, 0.05) is 39.3 Å². The third kappa shape index (κ3) is 4.98. The highest BCUT2D eigenvalue weighted by Crippen LogP contribution is 2.19. The van der Waals surface area contributed by atoms with Crippen LogP contribution in [0, 0.1) is 0 Å². The zero-order chi connectivity index (χ0) is 14.1. The monoisotopic (exact) mass is 288 g/mol. The lowest BCUT2D eigenvalue weighted by Crippen LogP contribution is -2.46. The Morgan fingerprint density at radius 3 is 2.05 bits per heavy atom. The minimum absolute atomic E-state index is 0.609. The number of hydrogen-bond acceptors (Lipinski definition) is 6. The van der Waals surface area contributed by atoms with Gasteiger partial charge in [0.05, 0.1) is 0 Å². The van der Waals surface area contributed by atoms with Crippen LogP contribution in [0.3, 0.4) is 0 Å². The summed E-state index contributed by atoms with van der Waals surface area (Å²) in [5.41, 5.74) is 0. The minimum Gasteiger partial charge on any atom is -0.374 e. The molecule has 0 spiro atoms. The molecule has 1 heterocycles. The van der Waals surface area contributed by atoms with Crippen LogP contribution >= 0.6 is 0 Å². The van der Waals surface area contributed by atoms with Gasteiger partial charge >= 0.3 is 8.80 Å². The second kappa shape index (κ2) is 8.36. The molecule has 7 nitrogen and oxygen atoms in total.